The Morgan fingerprint density at radius 2 is 2.00 bits per heavy atom. The summed E-state index contributed by atoms with van der Waals surface area (Å²) in [5.41, 5.74) is 0.625. The van der Waals surface area contributed by atoms with E-state index < -0.39 is 7.26 Å². The predicted molar refractivity (Wildman–Crippen MR) is 72.5 cm³/mol. The van der Waals surface area contributed by atoms with Crippen LogP contribution in [0.1, 0.15) is 19.3 Å². The van der Waals surface area contributed by atoms with E-state index in [1.807, 2.05) is 0 Å². The van der Waals surface area contributed by atoms with Crippen LogP contribution in [0.3, 0.4) is 0 Å². The number of aliphatic hydroxyl groups is 1. The van der Waals surface area contributed by atoms with Crippen molar-refractivity contribution in [3.8, 4) is 0 Å². The molecule has 1 radical (unpaired) electrons. The third-order valence-corrected chi connectivity index (χ3v) is 7.55. The summed E-state index contributed by atoms with van der Waals surface area (Å²) in [6.07, 6.45) is 3.68. The Bertz CT molecular complexity index is 334. The van der Waals surface area contributed by atoms with Gasteiger partial charge in [0, 0.05) is 12.5 Å². The lowest BCUT2D eigenvalue weighted by molar-refractivity contribution is 0.232. The van der Waals surface area contributed by atoms with Gasteiger partial charge in [-0.15, -0.1) is 0 Å². The molecule has 87 valence electrons. The number of hydrogen-bond donors (Lipinski definition) is 1. The van der Waals surface area contributed by atoms with Gasteiger partial charge in [0.25, 0.3) is 0 Å². The molecule has 1 nitrogen and oxygen atoms in total. The van der Waals surface area contributed by atoms with Crippen LogP contribution in [0.4, 0.5) is 0 Å². The highest BCUT2D eigenvalue weighted by Crippen LogP contribution is 2.63. The van der Waals surface area contributed by atoms with Crippen LogP contribution in [0.15, 0.2) is 30.3 Å². The van der Waals surface area contributed by atoms with Gasteiger partial charge in [-0.3, -0.25) is 0 Å². The molecular formula is C14H21OP+. The van der Waals surface area contributed by atoms with Crippen LogP contribution < -0.4 is 5.30 Å². The highest BCUT2D eigenvalue weighted by atomic mass is 31.2. The van der Waals surface area contributed by atoms with E-state index in [1.165, 1.54) is 24.6 Å². The van der Waals surface area contributed by atoms with Crippen molar-refractivity contribution in [2.75, 3.05) is 13.3 Å². The Balaban J connectivity index is 2.24. The minimum Gasteiger partial charge on any atom is -0.396 e. The highest BCUT2D eigenvalue weighted by molar-refractivity contribution is 7.84. The molecule has 1 N–H and O–H groups in total. The maximum absolute atomic E-state index is 9.44. The van der Waals surface area contributed by atoms with E-state index in [-0.39, 0.29) is 0 Å². The number of rotatable bonds is 3. The number of hydrogen-bond acceptors (Lipinski definition) is 1. The van der Waals surface area contributed by atoms with E-state index >= 15 is 0 Å². The normalized spacial score (nSPS) is 25.9. The van der Waals surface area contributed by atoms with Crippen LogP contribution in [0.2, 0.25) is 0 Å². The van der Waals surface area contributed by atoms with E-state index in [1.54, 1.807) is 0 Å². The van der Waals surface area contributed by atoms with Gasteiger partial charge in [0.2, 0.25) is 0 Å². The predicted octanol–water partition coefficient (Wildman–Crippen LogP) is 2.91. The van der Waals surface area contributed by atoms with Gasteiger partial charge in [0.1, 0.15) is 0 Å². The Morgan fingerprint density at radius 3 is 2.62 bits per heavy atom. The minimum absolute atomic E-state index is 0.336. The lowest BCUT2D eigenvalue weighted by atomic mass is 10.1. The molecule has 0 heterocycles. The molecule has 1 aliphatic rings. The second-order valence-electron chi connectivity index (χ2n) is 5.04. The fraction of sp³-hybridized carbons (Fsp3) is 0.500. The molecule has 0 amide bonds. The molecule has 3 atom stereocenters. The lowest BCUT2D eigenvalue weighted by Crippen LogP contribution is -2.25. The highest BCUT2D eigenvalue weighted by Gasteiger charge is 2.45. The molecule has 0 aliphatic heterocycles. The molecular weight excluding hydrogens is 215 g/mol. The standard InChI is InChI=1S/C14H21OP/c1-16(2,13-8-4-3-5-9-13)14-10-6-7-12(14)11-15/h3-5,8-9,12,14-15H,1,6-7,10-11H2,2H3/q+1. The molecule has 16 heavy (non-hydrogen) atoms. The van der Waals surface area contributed by atoms with Crippen molar-refractivity contribution in [1.29, 1.82) is 0 Å². The second kappa shape index (κ2) is 4.85. The van der Waals surface area contributed by atoms with Crippen LogP contribution in [-0.2, 0) is 0 Å². The smallest absolute Gasteiger partial charge is 0.0980 e. The average molecular weight is 236 g/mol. The quantitative estimate of drug-likeness (QED) is 0.800. The number of aliphatic hydroxyl groups excluding tert-OH is 1. The summed E-state index contributed by atoms with van der Waals surface area (Å²) in [7, 11) is -1.33. The largest absolute Gasteiger partial charge is 0.396 e. The molecule has 1 aromatic rings. The van der Waals surface area contributed by atoms with Crippen molar-refractivity contribution in [2.24, 2.45) is 5.92 Å². The zero-order valence-corrected chi connectivity index (χ0v) is 10.9. The maximum atomic E-state index is 9.44. The van der Waals surface area contributed by atoms with Gasteiger partial charge in [-0.25, -0.2) is 0 Å². The van der Waals surface area contributed by atoms with Crippen molar-refractivity contribution in [3.63, 3.8) is 0 Å². The summed E-state index contributed by atoms with van der Waals surface area (Å²) in [5, 5.41) is 10.8. The molecule has 2 rings (SSSR count). The third kappa shape index (κ3) is 2.17. The fourth-order valence-corrected chi connectivity index (χ4v) is 6.10. The van der Waals surface area contributed by atoms with Gasteiger partial charge in [-0.05, 0) is 31.4 Å². The topological polar surface area (TPSA) is 20.2 Å². The molecule has 1 fully saturated rings. The van der Waals surface area contributed by atoms with Crippen LogP contribution in [-0.4, -0.2) is 24.0 Å². The van der Waals surface area contributed by atoms with Crippen LogP contribution in [0.5, 0.6) is 0 Å². The average Bonchev–Trinajstić information content (AvgIpc) is 2.79. The molecule has 1 aromatic carbocycles. The molecule has 1 aliphatic carbocycles. The van der Waals surface area contributed by atoms with Gasteiger partial charge < -0.3 is 5.11 Å². The summed E-state index contributed by atoms with van der Waals surface area (Å²) in [6, 6.07) is 10.7. The first-order chi connectivity index (χ1) is 7.66. The van der Waals surface area contributed by atoms with Gasteiger partial charge in [-0.2, -0.15) is 0 Å². The first-order valence-corrected chi connectivity index (χ1v) is 8.52. The first kappa shape index (κ1) is 12.1. The zero-order valence-electron chi connectivity index (χ0n) is 9.97. The molecule has 0 aromatic heterocycles. The van der Waals surface area contributed by atoms with Crippen molar-refractivity contribution in [3.05, 3.63) is 37.0 Å². The lowest BCUT2D eigenvalue weighted by Gasteiger charge is -2.28. The van der Waals surface area contributed by atoms with E-state index in [2.05, 4.69) is 43.7 Å². The molecule has 2 heteroatoms. The summed E-state index contributed by atoms with van der Waals surface area (Å²) in [6.45, 7) is 7.18. The first-order valence-electron chi connectivity index (χ1n) is 6.03. The molecule has 3 unspecified atom stereocenters. The summed E-state index contributed by atoms with van der Waals surface area (Å²) >= 11 is 0. The molecule has 1 saturated carbocycles. The molecule has 0 bridgehead atoms. The summed E-state index contributed by atoms with van der Waals surface area (Å²) in [4.78, 5) is 0. The Hall–Kier alpha value is -0.390. The molecule has 0 spiro atoms. The van der Waals surface area contributed by atoms with E-state index in [4.69, 9.17) is 0 Å². The SMILES string of the molecule is [CH2][P+](C)(c1ccccc1)C1CCCC1CO. The van der Waals surface area contributed by atoms with Gasteiger partial charge in [-0.1, -0.05) is 18.2 Å². The van der Waals surface area contributed by atoms with Gasteiger partial charge >= 0.3 is 0 Å². The van der Waals surface area contributed by atoms with Crippen molar-refractivity contribution >= 4 is 12.6 Å². The van der Waals surface area contributed by atoms with Gasteiger partial charge in [0.15, 0.2) is 0 Å². The van der Waals surface area contributed by atoms with Crippen molar-refractivity contribution in [2.45, 2.75) is 24.9 Å². The van der Waals surface area contributed by atoms with Gasteiger partial charge in [0.05, 0.1) is 31.6 Å². The van der Waals surface area contributed by atoms with Crippen LogP contribution >= 0.6 is 7.26 Å². The zero-order chi connectivity index (χ0) is 11.6. The second-order valence-corrected chi connectivity index (χ2v) is 8.76. The van der Waals surface area contributed by atoms with E-state index in [0.717, 1.165) is 0 Å². The summed E-state index contributed by atoms with van der Waals surface area (Å²) in [5.74, 6) is 0.482. The van der Waals surface area contributed by atoms with E-state index in [9.17, 15) is 5.11 Å². The van der Waals surface area contributed by atoms with Crippen molar-refractivity contribution in [1.82, 2.24) is 0 Å². The third-order valence-electron chi connectivity index (χ3n) is 3.93. The summed E-state index contributed by atoms with van der Waals surface area (Å²) < 4.78 is 0. The van der Waals surface area contributed by atoms with Crippen molar-refractivity contribution < 1.29 is 5.11 Å². The Kier molecular flexibility index (Phi) is 3.66. The van der Waals surface area contributed by atoms with Crippen LogP contribution in [0.25, 0.3) is 0 Å². The fourth-order valence-electron chi connectivity index (χ4n) is 2.94. The monoisotopic (exact) mass is 236 g/mol. The van der Waals surface area contributed by atoms with Crippen LogP contribution in [0, 0.1) is 12.6 Å². The number of benzene rings is 1. The minimum atomic E-state index is -1.33. The van der Waals surface area contributed by atoms with E-state index in [0.29, 0.717) is 18.2 Å². The Labute approximate surface area is 99.2 Å². The molecule has 0 saturated heterocycles. The Morgan fingerprint density at radius 1 is 1.31 bits per heavy atom. The maximum Gasteiger partial charge on any atom is 0.0980 e.